The zero-order valence-corrected chi connectivity index (χ0v) is 22.8. The first-order valence-electron chi connectivity index (χ1n) is 12.6. The molecule has 3 aromatic carbocycles. The minimum absolute atomic E-state index is 0.0956. The molecule has 0 fully saturated rings. The highest BCUT2D eigenvalue weighted by molar-refractivity contribution is 6.17. The zero-order chi connectivity index (χ0) is 27.2. The van der Waals surface area contributed by atoms with Gasteiger partial charge in [-0.15, -0.1) is 0 Å². The largest absolute Gasteiger partial charge is 0.493 e. The molecule has 198 valence electrons. The minimum atomic E-state index is -0.0956. The van der Waals surface area contributed by atoms with E-state index in [1.807, 2.05) is 60.7 Å². The molecule has 1 heterocycles. The average Bonchev–Trinajstić information content (AvgIpc) is 2.97. The van der Waals surface area contributed by atoms with Crippen LogP contribution in [0.2, 0.25) is 0 Å². The summed E-state index contributed by atoms with van der Waals surface area (Å²) in [7, 11) is 6.39. The molecule has 0 aliphatic carbocycles. The molecule has 1 aromatic heterocycles. The van der Waals surface area contributed by atoms with Crippen molar-refractivity contribution in [1.82, 2.24) is 9.88 Å². The van der Waals surface area contributed by atoms with E-state index in [0.29, 0.717) is 51.9 Å². The summed E-state index contributed by atoms with van der Waals surface area (Å²) in [6.45, 7) is 6.38. The average molecular weight is 515 g/mol. The highest BCUT2D eigenvalue weighted by Crippen LogP contribution is 2.42. The number of hydrogen-bond donors (Lipinski definition) is 0. The molecule has 0 bridgehead atoms. The van der Waals surface area contributed by atoms with Gasteiger partial charge in [0.25, 0.3) is 0 Å². The lowest BCUT2D eigenvalue weighted by atomic mass is 9.89. The summed E-state index contributed by atoms with van der Waals surface area (Å²) < 4.78 is 22.3. The Morgan fingerprint density at radius 3 is 1.97 bits per heavy atom. The molecule has 0 N–H and O–H groups in total. The van der Waals surface area contributed by atoms with Crippen LogP contribution in [0.15, 0.2) is 60.7 Å². The van der Waals surface area contributed by atoms with Gasteiger partial charge in [-0.25, -0.2) is 0 Å². The number of benzene rings is 3. The number of nitrogens with zero attached hydrogens (tertiary/aromatic N) is 2. The van der Waals surface area contributed by atoms with Crippen LogP contribution in [0.4, 0.5) is 0 Å². The van der Waals surface area contributed by atoms with Crippen molar-refractivity contribution < 1.29 is 23.7 Å². The molecule has 7 nitrogen and oxygen atoms in total. The van der Waals surface area contributed by atoms with Gasteiger partial charge in [-0.2, -0.15) is 0 Å². The third kappa shape index (κ3) is 5.15. The molecule has 0 radical (unpaired) electrons. The van der Waals surface area contributed by atoms with Crippen LogP contribution in [-0.4, -0.2) is 57.2 Å². The summed E-state index contributed by atoms with van der Waals surface area (Å²) in [6, 6.07) is 18.7. The molecular weight excluding hydrogens is 480 g/mol. The van der Waals surface area contributed by atoms with Gasteiger partial charge in [0.1, 0.15) is 0 Å². The van der Waals surface area contributed by atoms with Gasteiger partial charge in [0, 0.05) is 29.1 Å². The van der Waals surface area contributed by atoms with Crippen molar-refractivity contribution in [1.29, 1.82) is 0 Å². The van der Waals surface area contributed by atoms with Gasteiger partial charge in [-0.3, -0.25) is 14.7 Å². The molecule has 0 amide bonds. The molecule has 0 saturated heterocycles. The molecule has 0 spiro atoms. The Balaban J connectivity index is 2.15. The van der Waals surface area contributed by atoms with E-state index in [1.54, 1.807) is 28.4 Å². The first-order chi connectivity index (χ1) is 18.5. The molecule has 0 aliphatic rings. The summed E-state index contributed by atoms with van der Waals surface area (Å²) in [5.41, 5.74) is 4.12. The standard InChI is InChI=1S/C31H34N2O5/c1-7-33(8-2)19-24-30(31(34)20-12-10-9-11-13-20)29(21-14-15-25(35-3)26(16-21)36-4)22-17-27(37-5)28(38-6)18-23(22)32-24/h9-18H,7-8,19H2,1-6H3. The number of rotatable bonds is 11. The van der Waals surface area contributed by atoms with Gasteiger partial charge in [-0.1, -0.05) is 50.2 Å². The van der Waals surface area contributed by atoms with E-state index in [2.05, 4.69) is 18.7 Å². The van der Waals surface area contributed by atoms with Crippen molar-refractivity contribution >= 4 is 16.7 Å². The Bertz CT molecular complexity index is 1430. The summed E-state index contributed by atoms with van der Waals surface area (Å²) in [6.07, 6.45) is 0. The summed E-state index contributed by atoms with van der Waals surface area (Å²) in [4.78, 5) is 21.5. The van der Waals surface area contributed by atoms with Crippen molar-refractivity contribution in [2.24, 2.45) is 0 Å². The molecule has 0 atom stereocenters. The number of ether oxygens (including phenoxy) is 4. The lowest BCUT2D eigenvalue weighted by Gasteiger charge is -2.23. The van der Waals surface area contributed by atoms with Gasteiger partial charge in [0.05, 0.1) is 45.2 Å². The molecule has 4 aromatic rings. The van der Waals surface area contributed by atoms with Crippen LogP contribution in [0.25, 0.3) is 22.0 Å². The summed E-state index contributed by atoms with van der Waals surface area (Å²) >= 11 is 0. The van der Waals surface area contributed by atoms with E-state index in [1.165, 1.54) is 0 Å². The third-order valence-corrected chi connectivity index (χ3v) is 6.77. The molecule has 4 rings (SSSR count). The maximum atomic E-state index is 14.2. The van der Waals surface area contributed by atoms with E-state index in [4.69, 9.17) is 23.9 Å². The molecule has 0 unspecified atom stereocenters. The number of fused-ring (bicyclic) bond motifs is 1. The smallest absolute Gasteiger partial charge is 0.195 e. The van der Waals surface area contributed by atoms with Gasteiger partial charge in [0.2, 0.25) is 0 Å². The second kappa shape index (κ2) is 12.0. The molecule has 0 aliphatic heterocycles. The fourth-order valence-electron chi connectivity index (χ4n) is 4.68. The second-order valence-electron chi connectivity index (χ2n) is 8.76. The highest BCUT2D eigenvalue weighted by Gasteiger charge is 2.26. The fraction of sp³-hybridized carbons (Fsp3) is 0.290. The maximum Gasteiger partial charge on any atom is 0.195 e. The Morgan fingerprint density at radius 2 is 1.37 bits per heavy atom. The van der Waals surface area contributed by atoms with Crippen molar-refractivity contribution in [3.63, 3.8) is 0 Å². The minimum Gasteiger partial charge on any atom is -0.493 e. The Labute approximate surface area is 223 Å². The van der Waals surface area contributed by atoms with E-state index in [-0.39, 0.29) is 5.78 Å². The first kappa shape index (κ1) is 26.9. The number of hydrogen-bond acceptors (Lipinski definition) is 7. The topological polar surface area (TPSA) is 70.1 Å². The quantitative estimate of drug-likeness (QED) is 0.227. The number of pyridine rings is 1. The van der Waals surface area contributed by atoms with Crippen LogP contribution < -0.4 is 18.9 Å². The van der Waals surface area contributed by atoms with Crippen LogP contribution in [-0.2, 0) is 6.54 Å². The van der Waals surface area contributed by atoms with Crippen LogP contribution in [0.5, 0.6) is 23.0 Å². The Morgan fingerprint density at radius 1 is 0.763 bits per heavy atom. The Hall–Kier alpha value is -4.10. The molecule has 0 saturated carbocycles. The number of methoxy groups -OCH3 is 4. The van der Waals surface area contributed by atoms with Crippen LogP contribution in [0.3, 0.4) is 0 Å². The predicted molar refractivity (Wildman–Crippen MR) is 150 cm³/mol. The van der Waals surface area contributed by atoms with Gasteiger partial charge in [0.15, 0.2) is 28.8 Å². The summed E-state index contributed by atoms with van der Waals surface area (Å²) in [5.74, 6) is 2.20. The summed E-state index contributed by atoms with van der Waals surface area (Å²) in [5, 5.41) is 0.775. The molecular formula is C31H34N2O5. The van der Waals surface area contributed by atoms with Gasteiger partial charge >= 0.3 is 0 Å². The van der Waals surface area contributed by atoms with Gasteiger partial charge in [-0.05, 0) is 36.9 Å². The lowest BCUT2D eigenvalue weighted by Crippen LogP contribution is -2.25. The van der Waals surface area contributed by atoms with Crippen molar-refractivity contribution in [3.8, 4) is 34.1 Å². The van der Waals surface area contributed by atoms with Crippen LogP contribution in [0, 0.1) is 0 Å². The second-order valence-corrected chi connectivity index (χ2v) is 8.76. The van der Waals surface area contributed by atoms with Crippen molar-refractivity contribution in [2.75, 3.05) is 41.5 Å². The van der Waals surface area contributed by atoms with Crippen LogP contribution in [0.1, 0.15) is 35.5 Å². The zero-order valence-electron chi connectivity index (χ0n) is 22.8. The number of aromatic nitrogens is 1. The van der Waals surface area contributed by atoms with Gasteiger partial charge < -0.3 is 18.9 Å². The van der Waals surface area contributed by atoms with E-state index in [9.17, 15) is 4.79 Å². The predicted octanol–water partition coefficient (Wildman–Crippen LogP) is 6.01. The van der Waals surface area contributed by atoms with Crippen molar-refractivity contribution in [3.05, 3.63) is 77.5 Å². The molecule has 38 heavy (non-hydrogen) atoms. The van der Waals surface area contributed by atoms with E-state index in [0.717, 1.165) is 29.6 Å². The molecule has 7 heteroatoms. The number of carbonyl (C=O) groups is 1. The van der Waals surface area contributed by atoms with Crippen LogP contribution >= 0.6 is 0 Å². The van der Waals surface area contributed by atoms with Crippen molar-refractivity contribution in [2.45, 2.75) is 20.4 Å². The van der Waals surface area contributed by atoms with E-state index >= 15 is 0 Å². The SMILES string of the molecule is CCN(CC)Cc1nc2cc(OC)c(OC)cc2c(-c2ccc(OC)c(OC)c2)c1C(=O)c1ccccc1. The highest BCUT2D eigenvalue weighted by atomic mass is 16.5. The fourth-order valence-corrected chi connectivity index (χ4v) is 4.68. The first-order valence-corrected chi connectivity index (χ1v) is 12.6. The number of carbonyl (C=O) groups excluding carboxylic acids is 1. The van der Waals surface area contributed by atoms with E-state index < -0.39 is 0 Å². The third-order valence-electron chi connectivity index (χ3n) is 6.77. The normalized spacial score (nSPS) is 11.0. The number of ketones is 1. The Kier molecular flexibility index (Phi) is 8.48. The maximum absolute atomic E-state index is 14.2. The monoisotopic (exact) mass is 514 g/mol. The lowest BCUT2D eigenvalue weighted by molar-refractivity contribution is 0.103.